The summed E-state index contributed by atoms with van der Waals surface area (Å²) in [7, 11) is 1.65. The molecule has 0 radical (unpaired) electrons. The van der Waals surface area contributed by atoms with E-state index in [2.05, 4.69) is 15.2 Å². The molecule has 2 aliphatic heterocycles. The third-order valence-electron chi connectivity index (χ3n) is 5.23. The Bertz CT molecular complexity index is 773. The van der Waals surface area contributed by atoms with Crippen LogP contribution in [-0.4, -0.2) is 73.1 Å². The Labute approximate surface area is 147 Å². The van der Waals surface area contributed by atoms with Crippen molar-refractivity contribution in [2.24, 2.45) is 0 Å². The number of hydrogen-bond donors (Lipinski definition) is 1. The molecule has 6 heteroatoms. The van der Waals surface area contributed by atoms with Gasteiger partial charge in [0, 0.05) is 50.7 Å². The molecule has 1 amide bonds. The summed E-state index contributed by atoms with van der Waals surface area (Å²) in [5, 5.41) is 4.36. The first kappa shape index (κ1) is 16.3. The smallest absolute Gasteiger partial charge is 0.272 e. The van der Waals surface area contributed by atoms with Crippen molar-refractivity contribution in [2.75, 3.05) is 46.4 Å². The lowest BCUT2D eigenvalue weighted by Gasteiger charge is -2.32. The number of nitrogens with one attached hydrogen (secondary N) is 1. The van der Waals surface area contributed by atoms with Gasteiger partial charge in [0.1, 0.15) is 11.4 Å². The fourth-order valence-electron chi connectivity index (χ4n) is 3.78. The highest BCUT2D eigenvalue weighted by molar-refractivity contribution is 5.95. The molecule has 132 valence electrons. The van der Waals surface area contributed by atoms with Crippen LogP contribution in [0.3, 0.4) is 0 Å². The lowest BCUT2D eigenvalue weighted by molar-refractivity contribution is 0.0768. The number of hydrogen-bond acceptors (Lipinski definition) is 5. The number of aromatic nitrogens is 1. The Balaban J connectivity index is 1.48. The van der Waals surface area contributed by atoms with Crippen LogP contribution in [0.25, 0.3) is 10.9 Å². The standard InChI is InChI=1S/C19H24N4O2/c1-25-16-3-5-17-14(12-16)2-4-18(21-17)19(24)23-9-6-15(13-23)22-10-7-20-8-11-22/h2-5,12,15,20H,6-11,13H2,1H3. The summed E-state index contributed by atoms with van der Waals surface area (Å²) in [5.41, 5.74) is 1.35. The van der Waals surface area contributed by atoms with Crippen LogP contribution in [0.15, 0.2) is 30.3 Å². The first-order valence-corrected chi connectivity index (χ1v) is 8.93. The summed E-state index contributed by atoms with van der Waals surface area (Å²) < 4.78 is 5.24. The van der Waals surface area contributed by atoms with Crippen LogP contribution in [0.1, 0.15) is 16.9 Å². The van der Waals surface area contributed by atoms with Crippen molar-refractivity contribution in [2.45, 2.75) is 12.5 Å². The summed E-state index contributed by atoms with van der Waals surface area (Å²) in [6.07, 6.45) is 1.05. The van der Waals surface area contributed by atoms with E-state index in [-0.39, 0.29) is 5.91 Å². The number of likely N-dealkylation sites (tertiary alicyclic amines) is 1. The molecular formula is C19H24N4O2. The molecule has 6 nitrogen and oxygen atoms in total. The van der Waals surface area contributed by atoms with Gasteiger partial charge < -0.3 is 15.0 Å². The Morgan fingerprint density at radius 3 is 2.84 bits per heavy atom. The van der Waals surface area contributed by atoms with Gasteiger partial charge in [0.05, 0.1) is 12.6 Å². The predicted octanol–water partition coefficient (Wildman–Crippen LogP) is 1.36. The van der Waals surface area contributed by atoms with Crippen LogP contribution in [-0.2, 0) is 0 Å². The highest BCUT2D eigenvalue weighted by atomic mass is 16.5. The van der Waals surface area contributed by atoms with Crippen LogP contribution >= 0.6 is 0 Å². The maximum absolute atomic E-state index is 12.8. The van der Waals surface area contributed by atoms with E-state index in [1.807, 2.05) is 35.2 Å². The van der Waals surface area contributed by atoms with Gasteiger partial charge >= 0.3 is 0 Å². The van der Waals surface area contributed by atoms with Crippen LogP contribution < -0.4 is 10.1 Å². The van der Waals surface area contributed by atoms with Gasteiger partial charge in [0.15, 0.2) is 0 Å². The van der Waals surface area contributed by atoms with Crippen LogP contribution in [0.4, 0.5) is 0 Å². The monoisotopic (exact) mass is 340 g/mol. The van der Waals surface area contributed by atoms with Gasteiger partial charge in [-0.05, 0) is 30.7 Å². The van der Waals surface area contributed by atoms with Crippen molar-refractivity contribution in [3.8, 4) is 5.75 Å². The second-order valence-corrected chi connectivity index (χ2v) is 6.73. The van der Waals surface area contributed by atoms with Crippen LogP contribution in [0.5, 0.6) is 5.75 Å². The van der Waals surface area contributed by atoms with Crippen LogP contribution in [0, 0.1) is 0 Å². The van der Waals surface area contributed by atoms with Gasteiger partial charge in [0.25, 0.3) is 5.91 Å². The predicted molar refractivity (Wildman–Crippen MR) is 97.0 cm³/mol. The number of ether oxygens (including phenoxy) is 1. The molecule has 0 aliphatic carbocycles. The minimum Gasteiger partial charge on any atom is -0.497 e. The number of rotatable bonds is 3. The number of benzene rings is 1. The lowest BCUT2D eigenvalue weighted by Crippen LogP contribution is -2.49. The van der Waals surface area contributed by atoms with Crippen molar-refractivity contribution < 1.29 is 9.53 Å². The zero-order valence-corrected chi connectivity index (χ0v) is 14.6. The molecule has 1 N–H and O–H groups in total. The molecular weight excluding hydrogens is 316 g/mol. The first-order valence-electron chi connectivity index (χ1n) is 8.93. The minimum atomic E-state index is 0.0374. The van der Waals surface area contributed by atoms with E-state index in [4.69, 9.17) is 4.74 Å². The summed E-state index contributed by atoms with van der Waals surface area (Å²) >= 11 is 0. The number of fused-ring (bicyclic) bond motifs is 1. The van der Waals surface area contributed by atoms with Gasteiger partial charge in [-0.15, -0.1) is 0 Å². The number of carbonyl (C=O) groups excluding carboxylic acids is 1. The van der Waals surface area contributed by atoms with E-state index < -0.39 is 0 Å². The van der Waals surface area contributed by atoms with E-state index in [1.54, 1.807) is 7.11 Å². The summed E-state index contributed by atoms with van der Waals surface area (Å²) in [6.45, 7) is 5.85. The Hall–Kier alpha value is -2.18. The zero-order chi connectivity index (χ0) is 17.2. The Morgan fingerprint density at radius 2 is 2.04 bits per heavy atom. The molecule has 3 heterocycles. The van der Waals surface area contributed by atoms with Crippen molar-refractivity contribution in [3.63, 3.8) is 0 Å². The van der Waals surface area contributed by atoms with Crippen molar-refractivity contribution in [1.82, 2.24) is 20.1 Å². The molecule has 0 spiro atoms. The van der Waals surface area contributed by atoms with E-state index in [9.17, 15) is 4.79 Å². The van der Waals surface area contributed by atoms with Gasteiger partial charge in [-0.25, -0.2) is 4.98 Å². The summed E-state index contributed by atoms with van der Waals surface area (Å²) in [4.78, 5) is 21.9. The average Bonchev–Trinajstić information content (AvgIpc) is 3.17. The van der Waals surface area contributed by atoms with E-state index in [0.717, 1.165) is 62.3 Å². The Kier molecular flexibility index (Phi) is 4.55. The highest BCUT2D eigenvalue weighted by Crippen LogP contribution is 2.22. The Morgan fingerprint density at radius 1 is 1.20 bits per heavy atom. The quantitative estimate of drug-likeness (QED) is 0.914. The molecule has 4 rings (SSSR count). The van der Waals surface area contributed by atoms with Gasteiger partial charge in [0.2, 0.25) is 0 Å². The number of pyridine rings is 1. The normalized spacial score (nSPS) is 21.6. The van der Waals surface area contributed by atoms with Crippen molar-refractivity contribution >= 4 is 16.8 Å². The number of carbonyl (C=O) groups is 1. The van der Waals surface area contributed by atoms with E-state index in [1.165, 1.54) is 0 Å². The molecule has 1 aromatic heterocycles. The lowest BCUT2D eigenvalue weighted by atomic mass is 10.2. The molecule has 2 saturated heterocycles. The SMILES string of the molecule is COc1ccc2nc(C(=O)N3CCC(N4CCNCC4)C3)ccc2c1. The number of nitrogens with zero attached hydrogens (tertiary/aromatic N) is 3. The third-order valence-corrected chi connectivity index (χ3v) is 5.23. The largest absolute Gasteiger partial charge is 0.497 e. The zero-order valence-electron chi connectivity index (χ0n) is 14.6. The van der Waals surface area contributed by atoms with Gasteiger partial charge in [-0.1, -0.05) is 6.07 Å². The number of amides is 1. The van der Waals surface area contributed by atoms with Gasteiger partial charge in [-0.2, -0.15) is 0 Å². The minimum absolute atomic E-state index is 0.0374. The second-order valence-electron chi connectivity index (χ2n) is 6.73. The molecule has 1 atom stereocenters. The molecule has 2 aromatic rings. The maximum Gasteiger partial charge on any atom is 0.272 e. The highest BCUT2D eigenvalue weighted by Gasteiger charge is 2.31. The first-order chi connectivity index (χ1) is 12.2. The molecule has 0 bridgehead atoms. The summed E-state index contributed by atoms with van der Waals surface area (Å²) in [5.74, 6) is 0.835. The summed E-state index contributed by atoms with van der Waals surface area (Å²) in [6, 6.07) is 9.96. The molecule has 2 fully saturated rings. The topological polar surface area (TPSA) is 57.7 Å². The molecule has 25 heavy (non-hydrogen) atoms. The fourth-order valence-corrected chi connectivity index (χ4v) is 3.78. The van der Waals surface area contributed by atoms with Crippen molar-refractivity contribution in [1.29, 1.82) is 0 Å². The number of methoxy groups -OCH3 is 1. The third kappa shape index (κ3) is 3.32. The van der Waals surface area contributed by atoms with E-state index >= 15 is 0 Å². The van der Waals surface area contributed by atoms with Gasteiger partial charge in [-0.3, -0.25) is 9.69 Å². The molecule has 2 aliphatic rings. The second kappa shape index (κ2) is 6.98. The number of piperazine rings is 1. The fraction of sp³-hybridized carbons (Fsp3) is 0.474. The molecule has 0 saturated carbocycles. The molecule has 1 aromatic carbocycles. The average molecular weight is 340 g/mol. The van der Waals surface area contributed by atoms with Crippen LogP contribution in [0.2, 0.25) is 0 Å². The molecule has 1 unspecified atom stereocenters. The maximum atomic E-state index is 12.8. The van der Waals surface area contributed by atoms with E-state index in [0.29, 0.717) is 11.7 Å². The van der Waals surface area contributed by atoms with Crippen molar-refractivity contribution in [3.05, 3.63) is 36.0 Å².